The van der Waals surface area contributed by atoms with E-state index in [1.807, 2.05) is 0 Å². The number of anilines is 1. The van der Waals surface area contributed by atoms with E-state index in [0.717, 1.165) is 35.4 Å². The second-order valence-electron chi connectivity index (χ2n) is 3.90. The van der Waals surface area contributed by atoms with E-state index in [0.29, 0.717) is 18.1 Å². The normalized spacial score (nSPS) is 15.3. The molecule has 0 saturated carbocycles. The molecular formula is C12H14ClN3O2S. The monoisotopic (exact) mass is 299 g/mol. The number of halogens is 1. The standard InChI is InChI=1S/C11H10ClN3O2S.CH4/c12-11-13-8-5-7(6-16)18-9(8)10(14-11)15-1-3-17-4-2-15;/h5-6H,1-4H2;1H4. The third-order valence-corrected chi connectivity index (χ3v) is 3.99. The van der Waals surface area contributed by atoms with E-state index in [1.54, 1.807) is 6.07 Å². The van der Waals surface area contributed by atoms with Crippen molar-refractivity contribution >= 4 is 45.3 Å². The highest BCUT2D eigenvalue weighted by Crippen LogP contribution is 2.32. The molecule has 19 heavy (non-hydrogen) atoms. The molecule has 0 atom stereocenters. The lowest BCUT2D eigenvalue weighted by molar-refractivity contribution is 0.112. The van der Waals surface area contributed by atoms with Crippen molar-refractivity contribution in [3.8, 4) is 0 Å². The van der Waals surface area contributed by atoms with E-state index in [-0.39, 0.29) is 12.7 Å². The molecule has 0 radical (unpaired) electrons. The van der Waals surface area contributed by atoms with Gasteiger partial charge in [-0.25, -0.2) is 4.98 Å². The summed E-state index contributed by atoms with van der Waals surface area (Å²) in [5.41, 5.74) is 0.726. The number of carbonyl (C=O) groups excluding carboxylic acids is 1. The Morgan fingerprint density at radius 3 is 2.79 bits per heavy atom. The van der Waals surface area contributed by atoms with Crippen LogP contribution in [0.2, 0.25) is 5.28 Å². The SMILES string of the molecule is C.O=Cc1cc2nc(Cl)nc(N3CCOCC3)c2s1. The highest BCUT2D eigenvalue weighted by atomic mass is 35.5. The molecule has 5 nitrogen and oxygen atoms in total. The number of nitrogens with zero attached hydrogens (tertiary/aromatic N) is 3. The zero-order valence-electron chi connectivity index (χ0n) is 9.43. The van der Waals surface area contributed by atoms with Crippen LogP contribution in [0.4, 0.5) is 5.82 Å². The topological polar surface area (TPSA) is 55.3 Å². The molecule has 0 N–H and O–H groups in total. The van der Waals surface area contributed by atoms with Gasteiger partial charge in [0, 0.05) is 13.1 Å². The number of thiophene rings is 1. The largest absolute Gasteiger partial charge is 0.378 e. The molecule has 0 unspecified atom stereocenters. The summed E-state index contributed by atoms with van der Waals surface area (Å²) in [4.78, 5) is 22.0. The minimum Gasteiger partial charge on any atom is -0.378 e. The fourth-order valence-corrected chi connectivity index (χ4v) is 3.05. The van der Waals surface area contributed by atoms with Gasteiger partial charge in [0.1, 0.15) is 0 Å². The lowest BCUT2D eigenvalue weighted by Gasteiger charge is -2.28. The van der Waals surface area contributed by atoms with Gasteiger partial charge < -0.3 is 9.64 Å². The number of aldehydes is 1. The highest BCUT2D eigenvalue weighted by molar-refractivity contribution is 7.21. The van der Waals surface area contributed by atoms with Crippen LogP contribution in [0.3, 0.4) is 0 Å². The van der Waals surface area contributed by atoms with Gasteiger partial charge in [-0.2, -0.15) is 4.98 Å². The van der Waals surface area contributed by atoms with Crippen LogP contribution >= 0.6 is 22.9 Å². The number of hydrogen-bond acceptors (Lipinski definition) is 6. The predicted octanol–water partition coefficient (Wildman–Crippen LogP) is 2.63. The number of ether oxygens (including phenoxy) is 1. The molecule has 0 aliphatic carbocycles. The maximum absolute atomic E-state index is 10.8. The average Bonchev–Trinajstić information content (AvgIpc) is 2.81. The molecule has 1 aliphatic rings. The first-order chi connectivity index (χ1) is 8.78. The Labute approximate surface area is 120 Å². The fraction of sp³-hybridized carbons (Fsp3) is 0.417. The Hall–Kier alpha value is -1.24. The summed E-state index contributed by atoms with van der Waals surface area (Å²) in [5, 5.41) is 0.208. The van der Waals surface area contributed by atoms with Crippen molar-refractivity contribution < 1.29 is 9.53 Å². The van der Waals surface area contributed by atoms with Gasteiger partial charge in [-0.05, 0) is 17.7 Å². The lowest BCUT2D eigenvalue weighted by atomic mass is 10.3. The quantitative estimate of drug-likeness (QED) is 0.630. The molecule has 102 valence electrons. The van der Waals surface area contributed by atoms with Crippen molar-refractivity contribution in [3.05, 3.63) is 16.2 Å². The van der Waals surface area contributed by atoms with Gasteiger partial charge in [0.25, 0.3) is 0 Å². The molecule has 2 aromatic heterocycles. The van der Waals surface area contributed by atoms with Gasteiger partial charge in [-0.15, -0.1) is 11.3 Å². The summed E-state index contributed by atoms with van der Waals surface area (Å²) in [6.07, 6.45) is 0.823. The Morgan fingerprint density at radius 2 is 2.11 bits per heavy atom. The van der Waals surface area contributed by atoms with Gasteiger partial charge in [-0.1, -0.05) is 7.43 Å². The molecule has 0 aromatic carbocycles. The molecule has 1 aliphatic heterocycles. The van der Waals surface area contributed by atoms with E-state index in [9.17, 15) is 4.79 Å². The number of fused-ring (bicyclic) bond motifs is 1. The van der Waals surface area contributed by atoms with E-state index >= 15 is 0 Å². The lowest BCUT2D eigenvalue weighted by Crippen LogP contribution is -2.36. The second-order valence-corrected chi connectivity index (χ2v) is 5.32. The van der Waals surface area contributed by atoms with Gasteiger partial charge >= 0.3 is 0 Å². The van der Waals surface area contributed by atoms with Crippen molar-refractivity contribution in [2.24, 2.45) is 0 Å². The van der Waals surface area contributed by atoms with Gasteiger partial charge in [0.15, 0.2) is 12.1 Å². The van der Waals surface area contributed by atoms with Crippen LogP contribution in [0.15, 0.2) is 6.07 Å². The van der Waals surface area contributed by atoms with Crippen molar-refractivity contribution in [2.45, 2.75) is 7.43 Å². The predicted molar refractivity (Wildman–Crippen MR) is 77.6 cm³/mol. The molecule has 2 aromatic rings. The van der Waals surface area contributed by atoms with Crippen LogP contribution in [0.1, 0.15) is 17.1 Å². The maximum Gasteiger partial charge on any atom is 0.224 e. The summed E-state index contributed by atoms with van der Waals surface area (Å²) in [7, 11) is 0. The number of carbonyl (C=O) groups is 1. The Morgan fingerprint density at radius 1 is 1.37 bits per heavy atom. The zero-order chi connectivity index (χ0) is 12.5. The van der Waals surface area contributed by atoms with Crippen LogP contribution in [-0.4, -0.2) is 42.6 Å². The van der Waals surface area contributed by atoms with Crippen LogP contribution in [0, 0.1) is 0 Å². The molecule has 0 bridgehead atoms. The molecule has 3 rings (SSSR count). The zero-order valence-corrected chi connectivity index (χ0v) is 11.0. The molecule has 7 heteroatoms. The fourth-order valence-electron chi connectivity index (χ4n) is 1.95. The van der Waals surface area contributed by atoms with Gasteiger partial charge in [-0.3, -0.25) is 4.79 Å². The van der Waals surface area contributed by atoms with Gasteiger partial charge in [0.2, 0.25) is 5.28 Å². The van der Waals surface area contributed by atoms with Crippen LogP contribution in [0.25, 0.3) is 10.2 Å². The highest BCUT2D eigenvalue weighted by Gasteiger charge is 2.18. The smallest absolute Gasteiger partial charge is 0.224 e. The van der Waals surface area contributed by atoms with Crippen molar-refractivity contribution in [1.29, 1.82) is 0 Å². The van der Waals surface area contributed by atoms with Crippen molar-refractivity contribution in [1.82, 2.24) is 9.97 Å². The van der Waals surface area contributed by atoms with E-state index in [2.05, 4.69) is 14.9 Å². The molecule has 1 saturated heterocycles. The van der Waals surface area contributed by atoms with E-state index in [4.69, 9.17) is 16.3 Å². The summed E-state index contributed by atoms with van der Waals surface area (Å²) in [6.45, 7) is 2.90. The average molecular weight is 300 g/mol. The Balaban J connectivity index is 0.00000133. The van der Waals surface area contributed by atoms with E-state index in [1.165, 1.54) is 11.3 Å². The Bertz CT molecular complexity index is 596. The first kappa shape index (κ1) is 14.2. The molecule has 0 amide bonds. The van der Waals surface area contributed by atoms with Crippen molar-refractivity contribution in [3.63, 3.8) is 0 Å². The number of aromatic nitrogens is 2. The summed E-state index contributed by atoms with van der Waals surface area (Å²) < 4.78 is 6.22. The van der Waals surface area contributed by atoms with Crippen LogP contribution in [-0.2, 0) is 4.74 Å². The molecule has 0 spiro atoms. The maximum atomic E-state index is 10.8. The minimum atomic E-state index is 0. The number of rotatable bonds is 2. The number of hydrogen-bond donors (Lipinski definition) is 0. The number of morpholine rings is 1. The van der Waals surface area contributed by atoms with Crippen LogP contribution < -0.4 is 4.90 Å². The van der Waals surface area contributed by atoms with Crippen molar-refractivity contribution in [2.75, 3.05) is 31.2 Å². The first-order valence-corrected chi connectivity index (χ1v) is 6.72. The third-order valence-electron chi connectivity index (χ3n) is 2.77. The second kappa shape index (κ2) is 5.81. The molecular weight excluding hydrogens is 286 g/mol. The van der Waals surface area contributed by atoms with E-state index < -0.39 is 0 Å². The summed E-state index contributed by atoms with van der Waals surface area (Å²) in [5.74, 6) is 0.798. The molecule has 1 fully saturated rings. The first-order valence-electron chi connectivity index (χ1n) is 5.53. The summed E-state index contributed by atoms with van der Waals surface area (Å²) >= 11 is 7.32. The van der Waals surface area contributed by atoms with Crippen LogP contribution in [0.5, 0.6) is 0 Å². The third kappa shape index (κ3) is 2.70. The Kier molecular flexibility index (Phi) is 4.34. The minimum absolute atomic E-state index is 0. The van der Waals surface area contributed by atoms with Gasteiger partial charge in [0.05, 0.1) is 28.3 Å². The molecule has 3 heterocycles. The summed E-state index contributed by atoms with van der Waals surface area (Å²) in [6, 6.07) is 1.74.